The van der Waals surface area contributed by atoms with Gasteiger partial charge in [0.05, 0.1) is 0 Å². The van der Waals surface area contributed by atoms with E-state index in [2.05, 4.69) is 21.9 Å². The highest BCUT2D eigenvalue weighted by Crippen LogP contribution is 2.27. The lowest BCUT2D eigenvalue weighted by Crippen LogP contribution is -2.29. The number of hydrogen-bond donors (Lipinski definition) is 2. The first-order valence-corrected chi connectivity index (χ1v) is 5.88. The van der Waals surface area contributed by atoms with Crippen LogP contribution in [0.25, 0.3) is 0 Å². The van der Waals surface area contributed by atoms with Crippen LogP contribution in [0.1, 0.15) is 37.7 Å². The molecule has 1 aliphatic heterocycles. The minimum Gasteiger partial charge on any atom is -0.481 e. The van der Waals surface area contributed by atoms with Crippen molar-refractivity contribution in [3.8, 4) is 0 Å². The van der Waals surface area contributed by atoms with Crippen molar-refractivity contribution in [3.63, 3.8) is 0 Å². The third-order valence-electron chi connectivity index (χ3n) is 3.55. The SMILES string of the molecule is CN1CCC(c2cnc(C(C)(C)C(=O)O)[nH]2)C1. The van der Waals surface area contributed by atoms with Crippen LogP contribution in [0.3, 0.4) is 0 Å². The molecule has 0 aliphatic carbocycles. The molecule has 5 nitrogen and oxygen atoms in total. The van der Waals surface area contributed by atoms with Crippen molar-refractivity contribution >= 4 is 5.97 Å². The summed E-state index contributed by atoms with van der Waals surface area (Å²) < 4.78 is 0. The molecule has 0 amide bonds. The predicted molar refractivity (Wildman–Crippen MR) is 64.1 cm³/mol. The summed E-state index contributed by atoms with van der Waals surface area (Å²) in [7, 11) is 2.10. The number of likely N-dealkylation sites (tertiary alicyclic amines) is 1. The van der Waals surface area contributed by atoms with E-state index in [1.807, 2.05) is 0 Å². The van der Waals surface area contributed by atoms with Gasteiger partial charge >= 0.3 is 5.97 Å². The minimum atomic E-state index is -0.956. The van der Waals surface area contributed by atoms with Crippen LogP contribution in [-0.2, 0) is 10.2 Å². The van der Waals surface area contributed by atoms with Gasteiger partial charge in [0.2, 0.25) is 0 Å². The van der Waals surface area contributed by atoms with E-state index >= 15 is 0 Å². The van der Waals surface area contributed by atoms with Gasteiger partial charge in [-0.25, -0.2) is 4.98 Å². The van der Waals surface area contributed by atoms with E-state index in [4.69, 9.17) is 5.11 Å². The maximum atomic E-state index is 11.1. The molecular formula is C12H19N3O2. The third kappa shape index (κ3) is 2.20. The molecule has 0 aromatic carbocycles. The molecule has 1 aromatic rings. The zero-order chi connectivity index (χ0) is 12.6. The highest BCUT2D eigenvalue weighted by atomic mass is 16.4. The molecule has 1 unspecified atom stereocenters. The molecule has 1 aromatic heterocycles. The van der Waals surface area contributed by atoms with Crippen LogP contribution < -0.4 is 0 Å². The lowest BCUT2D eigenvalue weighted by molar-refractivity contribution is -0.142. The van der Waals surface area contributed by atoms with Gasteiger partial charge < -0.3 is 15.0 Å². The summed E-state index contributed by atoms with van der Waals surface area (Å²) in [6.07, 6.45) is 2.88. The number of hydrogen-bond acceptors (Lipinski definition) is 3. The van der Waals surface area contributed by atoms with Crippen LogP contribution in [0.2, 0.25) is 0 Å². The fourth-order valence-electron chi connectivity index (χ4n) is 2.15. The van der Waals surface area contributed by atoms with Crippen LogP contribution >= 0.6 is 0 Å². The molecule has 1 saturated heterocycles. The summed E-state index contributed by atoms with van der Waals surface area (Å²) in [5, 5.41) is 9.14. The number of carboxylic acid groups (broad SMARTS) is 1. The number of likely N-dealkylation sites (N-methyl/N-ethyl adjacent to an activating group) is 1. The summed E-state index contributed by atoms with van der Waals surface area (Å²) in [5.41, 5.74) is 0.0987. The van der Waals surface area contributed by atoms with Gasteiger partial charge in [0.25, 0.3) is 0 Å². The number of H-pyrrole nitrogens is 1. The molecular weight excluding hydrogens is 218 g/mol. The Balaban J connectivity index is 2.19. The molecule has 0 spiro atoms. The Morgan fingerprint density at radius 2 is 2.35 bits per heavy atom. The smallest absolute Gasteiger partial charge is 0.316 e. The standard InChI is InChI=1S/C12H19N3O2/c1-12(2,11(16)17)10-13-6-9(14-10)8-4-5-15(3)7-8/h6,8H,4-5,7H2,1-3H3,(H,13,14)(H,16,17). The predicted octanol–water partition coefficient (Wildman–Crippen LogP) is 1.19. The number of imidazole rings is 1. The average molecular weight is 237 g/mol. The Labute approximate surface area is 101 Å². The first-order chi connectivity index (χ1) is 7.91. The Morgan fingerprint density at radius 3 is 2.88 bits per heavy atom. The first-order valence-electron chi connectivity index (χ1n) is 5.88. The van der Waals surface area contributed by atoms with Crippen molar-refractivity contribution in [2.75, 3.05) is 20.1 Å². The van der Waals surface area contributed by atoms with Crippen molar-refractivity contribution in [2.24, 2.45) is 0 Å². The molecule has 1 fully saturated rings. The molecule has 0 bridgehead atoms. The molecule has 0 radical (unpaired) electrons. The molecule has 2 N–H and O–H groups in total. The molecule has 17 heavy (non-hydrogen) atoms. The number of aliphatic carboxylic acids is 1. The van der Waals surface area contributed by atoms with Crippen molar-refractivity contribution in [1.29, 1.82) is 0 Å². The van der Waals surface area contributed by atoms with E-state index in [9.17, 15) is 4.79 Å². The van der Waals surface area contributed by atoms with Gasteiger partial charge in [-0.3, -0.25) is 4.79 Å². The van der Waals surface area contributed by atoms with E-state index < -0.39 is 11.4 Å². The lowest BCUT2D eigenvalue weighted by atomic mass is 9.93. The molecule has 2 heterocycles. The number of nitrogens with zero attached hydrogens (tertiary/aromatic N) is 2. The van der Waals surface area contributed by atoms with Gasteiger partial charge in [-0.05, 0) is 33.9 Å². The topological polar surface area (TPSA) is 69.2 Å². The highest BCUT2D eigenvalue weighted by molar-refractivity contribution is 5.78. The normalized spacial score (nSPS) is 21.9. The number of carboxylic acids is 1. The molecule has 2 rings (SSSR count). The van der Waals surface area contributed by atoms with Crippen LogP contribution in [0, 0.1) is 0 Å². The van der Waals surface area contributed by atoms with Gasteiger partial charge in [-0.15, -0.1) is 0 Å². The van der Waals surface area contributed by atoms with E-state index in [1.165, 1.54) is 0 Å². The quantitative estimate of drug-likeness (QED) is 0.828. The largest absolute Gasteiger partial charge is 0.481 e. The Morgan fingerprint density at radius 1 is 1.65 bits per heavy atom. The van der Waals surface area contributed by atoms with Crippen LogP contribution in [-0.4, -0.2) is 46.1 Å². The number of rotatable bonds is 3. The van der Waals surface area contributed by atoms with E-state index in [0.717, 1.165) is 25.2 Å². The molecule has 1 atom stereocenters. The Kier molecular flexibility index (Phi) is 2.95. The zero-order valence-corrected chi connectivity index (χ0v) is 10.5. The Bertz CT molecular complexity index is 425. The summed E-state index contributed by atoms with van der Waals surface area (Å²) in [6.45, 7) is 5.42. The summed E-state index contributed by atoms with van der Waals surface area (Å²) >= 11 is 0. The summed E-state index contributed by atoms with van der Waals surface area (Å²) in [4.78, 5) is 20.8. The van der Waals surface area contributed by atoms with Crippen molar-refractivity contribution in [2.45, 2.75) is 31.6 Å². The summed E-state index contributed by atoms with van der Waals surface area (Å²) in [5.74, 6) is 0.127. The van der Waals surface area contributed by atoms with Crippen molar-refractivity contribution in [3.05, 3.63) is 17.7 Å². The zero-order valence-electron chi connectivity index (χ0n) is 10.5. The second-order valence-corrected chi connectivity index (χ2v) is 5.37. The third-order valence-corrected chi connectivity index (χ3v) is 3.55. The maximum absolute atomic E-state index is 11.1. The number of carbonyl (C=O) groups is 1. The second kappa shape index (κ2) is 4.14. The fourth-order valence-corrected chi connectivity index (χ4v) is 2.15. The van der Waals surface area contributed by atoms with E-state index in [-0.39, 0.29) is 0 Å². The van der Waals surface area contributed by atoms with Crippen LogP contribution in [0.15, 0.2) is 6.20 Å². The first kappa shape index (κ1) is 12.1. The van der Waals surface area contributed by atoms with Crippen molar-refractivity contribution < 1.29 is 9.90 Å². The average Bonchev–Trinajstić information content (AvgIpc) is 2.85. The molecule has 94 valence electrons. The molecule has 0 saturated carbocycles. The van der Waals surface area contributed by atoms with Crippen LogP contribution in [0.4, 0.5) is 0 Å². The number of aromatic nitrogens is 2. The van der Waals surface area contributed by atoms with Gasteiger partial charge in [-0.2, -0.15) is 0 Å². The lowest BCUT2D eigenvalue weighted by Gasteiger charge is -2.16. The van der Waals surface area contributed by atoms with Gasteiger partial charge in [0.15, 0.2) is 0 Å². The van der Waals surface area contributed by atoms with E-state index in [1.54, 1.807) is 20.0 Å². The van der Waals surface area contributed by atoms with Crippen LogP contribution in [0.5, 0.6) is 0 Å². The van der Waals surface area contributed by atoms with Crippen molar-refractivity contribution in [1.82, 2.24) is 14.9 Å². The minimum absolute atomic E-state index is 0.450. The Hall–Kier alpha value is -1.36. The summed E-state index contributed by atoms with van der Waals surface area (Å²) in [6, 6.07) is 0. The van der Waals surface area contributed by atoms with Gasteiger partial charge in [0.1, 0.15) is 11.2 Å². The van der Waals surface area contributed by atoms with E-state index in [0.29, 0.717) is 11.7 Å². The highest BCUT2D eigenvalue weighted by Gasteiger charge is 2.33. The molecule has 1 aliphatic rings. The second-order valence-electron chi connectivity index (χ2n) is 5.37. The maximum Gasteiger partial charge on any atom is 0.316 e. The monoisotopic (exact) mass is 237 g/mol. The number of nitrogens with one attached hydrogen (secondary N) is 1. The number of aromatic amines is 1. The molecule has 5 heteroatoms. The van der Waals surface area contributed by atoms with Gasteiger partial charge in [0, 0.05) is 24.4 Å². The fraction of sp³-hybridized carbons (Fsp3) is 0.667. The van der Waals surface area contributed by atoms with Gasteiger partial charge in [-0.1, -0.05) is 0 Å².